The molecule has 34 heavy (non-hydrogen) atoms. The molecule has 1 saturated heterocycles. The highest BCUT2D eigenvalue weighted by molar-refractivity contribution is 7.84. The lowest BCUT2D eigenvalue weighted by atomic mass is 10.0. The molecule has 2 aromatic heterocycles. The smallest absolute Gasteiger partial charge is 0.253 e. The topological polar surface area (TPSA) is 63.4 Å². The average Bonchev–Trinajstić information content (AvgIpc) is 3.28. The maximum Gasteiger partial charge on any atom is 0.253 e. The first-order chi connectivity index (χ1) is 16.3. The van der Waals surface area contributed by atoms with Crippen molar-refractivity contribution in [2.75, 3.05) is 19.3 Å². The van der Waals surface area contributed by atoms with Gasteiger partial charge in [-0.3, -0.25) is 14.0 Å². The summed E-state index contributed by atoms with van der Waals surface area (Å²) >= 11 is 0. The second-order valence-corrected chi connectivity index (χ2v) is 9.77. The van der Waals surface area contributed by atoms with Crippen LogP contribution < -0.4 is 0 Å². The Labute approximate surface area is 197 Å². The van der Waals surface area contributed by atoms with Crippen molar-refractivity contribution in [3.63, 3.8) is 0 Å². The number of hydrogen-bond acceptors (Lipinski definition) is 4. The van der Waals surface area contributed by atoms with Crippen LogP contribution in [0.3, 0.4) is 0 Å². The lowest BCUT2D eigenvalue weighted by molar-refractivity contribution is -0.0494. The number of furan rings is 1. The molecule has 1 aliphatic rings. The highest BCUT2D eigenvalue weighted by atomic mass is 32.2. The van der Waals surface area contributed by atoms with E-state index in [2.05, 4.69) is 4.98 Å². The number of halogens is 2. The summed E-state index contributed by atoms with van der Waals surface area (Å²) in [5, 5.41) is 0. The molecule has 2 aromatic carbocycles. The third kappa shape index (κ3) is 4.37. The Bertz CT molecular complexity index is 1390. The number of carbonyl (C=O) groups excluding carboxylic acids is 1. The molecular formula is C26H22F2N2O3S. The minimum absolute atomic E-state index is 0.0432. The van der Waals surface area contributed by atoms with E-state index in [1.54, 1.807) is 42.8 Å². The number of nitrogens with zero attached hydrogens (tertiary/aromatic N) is 2. The number of aromatic nitrogens is 1. The monoisotopic (exact) mass is 480 g/mol. The SMILES string of the molecule is CS(=O)c1ccc(-c2cc3nccc(-c4cccc(C(=O)N5CCC(F)(F)CC5)c4)c3o2)cc1. The van der Waals surface area contributed by atoms with E-state index < -0.39 is 16.7 Å². The quantitative estimate of drug-likeness (QED) is 0.372. The van der Waals surface area contributed by atoms with Gasteiger partial charge in [0.15, 0.2) is 5.58 Å². The first kappa shape index (κ1) is 22.4. The summed E-state index contributed by atoms with van der Waals surface area (Å²) in [6, 6.07) is 18.1. The number of rotatable bonds is 4. The predicted octanol–water partition coefficient (Wildman–Crippen LogP) is 5.77. The van der Waals surface area contributed by atoms with Crippen LogP contribution in [0.5, 0.6) is 0 Å². The van der Waals surface area contributed by atoms with E-state index in [1.807, 2.05) is 30.3 Å². The van der Waals surface area contributed by atoms with Crippen molar-refractivity contribution in [1.82, 2.24) is 9.88 Å². The molecule has 1 aliphatic heterocycles. The Hall–Kier alpha value is -3.39. The van der Waals surface area contributed by atoms with Gasteiger partial charge in [0.25, 0.3) is 11.8 Å². The molecule has 1 fully saturated rings. The second kappa shape index (κ2) is 8.76. The summed E-state index contributed by atoms with van der Waals surface area (Å²) in [5.74, 6) is -2.33. The molecule has 5 rings (SSSR count). The molecule has 0 radical (unpaired) electrons. The molecule has 1 atom stereocenters. The first-order valence-corrected chi connectivity index (χ1v) is 12.5. The maximum absolute atomic E-state index is 13.5. The van der Waals surface area contributed by atoms with Crippen LogP contribution in [0, 0.1) is 0 Å². The van der Waals surface area contributed by atoms with Crippen molar-refractivity contribution < 1.29 is 22.2 Å². The standard InChI is InChI=1S/C26H22F2N2O3S/c1-34(32)20-7-5-17(6-8-20)23-16-22-24(33-23)21(9-12-29-22)18-3-2-4-19(15-18)25(31)30-13-10-26(27,28)11-14-30/h2-9,12,15-16H,10-11,13-14H2,1H3. The van der Waals surface area contributed by atoms with Gasteiger partial charge in [-0.2, -0.15) is 0 Å². The number of pyridine rings is 1. The Morgan fingerprint density at radius 1 is 1.03 bits per heavy atom. The lowest BCUT2D eigenvalue weighted by Crippen LogP contribution is -2.42. The van der Waals surface area contributed by atoms with Gasteiger partial charge < -0.3 is 9.32 Å². The second-order valence-electron chi connectivity index (χ2n) is 8.39. The fourth-order valence-corrected chi connectivity index (χ4v) is 4.68. The van der Waals surface area contributed by atoms with Crippen LogP contribution >= 0.6 is 0 Å². The third-order valence-corrected chi connectivity index (χ3v) is 7.02. The largest absolute Gasteiger partial charge is 0.454 e. The molecule has 1 amide bonds. The number of alkyl halides is 2. The van der Waals surface area contributed by atoms with Crippen molar-refractivity contribution in [2.45, 2.75) is 23.7 Å². The van der Waals surface area contributed by atoms with Crippen LogP contribution in [0.1, 0.15) is 23.2 Å². The summed E-state index contributed by atoms with van der Waals surface area (Å²) in [5.41, 5.74) is 4.10. The fourth-order valence-electron chi connectivity index (χ4n) is 4.16. The van der Waals surface area contributed by atoms with E-state index >= 15 is 0 Å². The van der Waals surface area contributed by atoms with Gasteiger partial charge in [-0.15, -0.1) is 0 Å². The van der Waals surface area contributed by atoms with E-state index in [4.69, 9.17) is 4.42 Å². The number of fused-ring (bicyclic) bond motifs is 1. The van der Waals surface area contributed by atoms with Crippen molar-refractivity contribution in [3.05, 3.63) is 72.4 Å². The van der Waals surface area contributed by atoms with Crippen molar-refractivity contribution in [2.24, 2.45) is 0 Å². The Morgan fingerprint density at radius 3 is 2.47 bits per heavy atom. The number of hydrogen-bond donors (Lipinski definition) is 0. The molecule has 174 valence electrons. The summed E-state index contributed by atoms with van der Waals surface area (Å²) < 4.78 is 44.8. The van der Waals surface area contributed by atoms with Gasteiger partial charge in [-0.25, -0.2) is 8.78 Å². The van der Waals surface area contributed by atoms with Crippen molar-refractivity contribution >= 4 is 27.8 Å². The van der Waals surface area contributed by atoms with Crippen LogP contribution in [-0.4, -0.2) is 45.3 Å². The number of likely N-dealkylation sites (tertiary alicyclic amines) is 1. The molecule has 5 nitrogen and oxygen atoms in total. The minimum atomic E-state index is -2.70. The van der Waals surface area contributed by atoms with E-state index in [0.717, 1.165) is 21.6 Å². The van der Waals surface area contributed by atoms with Crippen LogP contribution in [0.4, 0.5) is 8.78 Å². The summed E-state index contributed by atoms with van der Waals surface area (Å²) in [6.07, 6.45) is 2.69. The highest BCUT2D eigenvalue weighted by Gasteiger charge is 2.35. The highest BCUT2D eigenvalue weighted by Crippen LogP contribution is 2.34. The van der Waals surface area contributed by atoms with Gasteiger partial charge in [0.05, 0.1) is 0 Å². The van der Waals surface area contributed by atoms with Crippen LogP contribution in [0.2, 0.25) is 0 Å². The number of carbonyl (C=O) groups is 1. The Balaban J connectivity index is 1.46. The van der Waals surface area contributed by atoms with Gasteiger partial charge in [-0.05, 0) is 35.9 Å². The summed E-state index contributed by atoms with van der Waals surface area (Å²) in [4.78, 5) is 19.6. The summed E-state index contributed by atoms with van der Waals surface area (Å²) in [7, 11) is -1.06. The third-order valence-electron chi connectivity index (χ3n) is 6.09. The van der Waals surface area contributed by atoms with Gasteiger partial charge in [0, 0.05) is 76.8 Å². The zero-order chi connectivity index (χ0) is 23.9. The van der Waals surface area contributed by atoms with Crippen molar-refractivity contribution in [3.8, 4) is 22.5 Å². The zero-order valence-electron chi connectivity index (χ0n) is 18.5. The normalized spacial score (nSPS) is 16.5. The van der Waals surface area contributed by atoms with E-state index in [9.17, 15) is 17.8 Å². The molecule has 3 heterocycles. The zero-order valence-corrected chi connectivity index (χ0v) is 19.3. The lowest BCUT2D eigenvalue weighted by Gasteiger charge is -2.31. The fraction of sp³-hybridized carbons (Fsp3) is 0.231. The molecule has 0 saturated carbocycles. The molecule has 0 N–H and O–H groups in total. The molecule has 0 aliphatic carbocycles. The average molecular weight is 481 g/mol. The van der Waals surface area contributed by atoms with E-state index in [0.29, 0.717) is 22.4 Å². The Kier molecular flexibility index (Phi) is 5.77. The number of amides is 1. The van der Waals surface area contributed by atoms with Gasteiger partial charge in [0.1, 0.15) is 11.3 Å². The first-order valence-electron chi connectivity index (χ1n) is 10.9. The summed E-state index contributed by atoms with van der Waals surface area (Å²) in [6.45, 7) is 0.0863. The number of piperidine rings is 1. The van der Waals surface area contributed by atoms with E-state index in [-0.39, 0.29) is 31.8 Å². The minimum Gasteiger partial charge on any atom is -0.454 e. The molecule has 1 unspecified atom stereocenters. The number of benzene rings is 2. The van der Waals surface area contributed by atoms with Crippen LogP contribution in [0.15, 0.2) is 76.2 Å². The van der Waals surface area contributed by atoms with Gasteiger partial charge in [0.2, 0.25) is 0 Å². The van der Waals surface area contributed by atoms with Gasteiger partial charge in [-0.1, -0.05) is 24.3 Å². The molecule has 8 heteroatoms. The molecule has 0 bridgehead atoms. The molecule has 4 aromatic rings. The molecule has 0 spiro atoms. The predicted molar refractivity (Wildman–Crippen MR) is 127 cm³/mol. The Morgan fingerprint density at radius 2 is 1.76 bits per heavy atom. The van der Waals surface area contributed by atoms with Crippen LogP contribution in [0.25, 0.3) is 33.6 Å². The molecular weight excluding hydrogens is 458 g/mol. The maximum atomic E-state index is 13.5. The van der Waals surface area contributed by atoms with Crippen molar-refractivity contribution in [1.29, 1.82) is 0 Å². The van der Waals surface area contributed by atoms with E-state index in [1.165, 1.54) is 4.90 Å². The van der Waals surface area contributed by atoms with Gasteiger partial charge >= 0.3 is 0 Å². The van der Waals surface area contributed by atoms with Crippen LogP contribution in [-0.2, 0) is 10.8 Å².